The van der Waals surface area contributed by atoms with E-state index in [2.05, 4.69) is 5.32 Å². The van der Waals surface area contributed by atoms with E-state index in [9.17, 15) is 9.59 Å². The molecule has 1 aliphatic rings. The lowest BCUT2D eigenvalue weighted by atomic mass is 10.2. The van der Waals surface area contributed by atoms with Crippen molar-refractivity contribution in [1.82, 2.24) is 5.32 Å². The van der Waals surface area contributed by atoms with Crippen LogP contribution in [0.25, 0.3) is 0 Å². The standard InChI is InChI=1S/C6H6NO3/c8-4-7-3-6-5(9)1-2-10-6/h1-2,6H,3H2,(H,7,8). The molecule has 53 valence electrons. The summed E-state index contributed by atoms with van der Waals surface area (Å²) in [6, 6.07) is 0. The molecule has 0 spiro atoms. The molecule has 0 bridgehead atoms. The van der Waals surface area contributed by atoms with Crippen molar-refractivity contribution in [2.45, 2.75) is 6.10 Å². The van der Waals surface area contributed by atoms with Crippen LogP contribution in [0.5, 0.6) is 0 Å². The highest BCUT2D eigenvalue weighted by atomic mass is 16.5. The monoisotopic (exact) mass is 140 g/mol. The summed E-state index contributed by atoms with van der Waals surface area (Å²) in [5.41, 5.74) is 0. The third kappa shape index (κ3) is 1.34. The maximum Gasteiger partial charge on any atom is 0.309 e. The molecule has 0 aliphatic carbocycles. The largest absolute Gasteiger partial charge is 0.488 e. The zero-order chi connectivity index (χ0) is 7.40. The normalized spacial score (nSPS) is 22.4. The van der Waals surface area contributed by atoms with Crippen LogP contribution in [0.1, 0.15) is 0 Å². The predicted molar refractivity (Wildman–Crippen MR) is 32.7 cm³/mol. The summed E-state index contributed by atoms with van der Waals surface area (Å²) in [4.78, 5) is 20.3. The quantitative estimate of drug-likeness (QED) is 0.518. The van der Waals surface area contributed by atoms with Crippen LogP contribution in [0.3, 0.4) is 0 Å². The summed E-state index contributed by atoms with van der Waals surface area (Å²) in [7, 11) is 0. The van der Waals surface area contributed by atoms with Gasteiger partial charge in [-0.2, -0.15) is 0 Å². The molecule has 1 heterocycles. The van der Waals surface area contributed by atoms with Crippen LogP contribution >= 0.6 is 0 Å². The third-order valence-corrected chi connectivity index (χ3v) is 1.15. The first kappa shape index (κ1) is 6.80. The maximum atomic E-state index is 10.7. The number of nitrogens with one attached hydrogen (secondary N) is 1. The summed E-state index contributed by atoms with van der Waals surface area (Å²) in [5, 5.41) is 2.23. The number of hydrogen-bond donors (Lipinski definition) is 1. The van der Waals surface area contributed by atoms with Crippen LogP contribution < -0.4 is 5.32 Å². The van der Waals surface area contributed by atoms with E-state index in [-0.39, 0.29) is 12.3 Å². The van der Waals surface area contributed by atoms with Gasteiger partial charge in [-0.3, -0.25) is 9.59 Å². The summed E-state index contributed by atoms with van der Waals surface area (Å²) in [6.45, 7) is 0.190. The molecule has 0 saturated heterocycles. The lowest BCUT2D eigenvalue weighted by molar-refractivity contribution is -0.119. The fraction of sp³-hybridized carbons (Fsp3) is 0.333. The van der Waals surface area contributed by atoms with Crippen molar-refractivity contribution in [3.05, 3.63) is 12.3 Å². The number of amides is 1. The van der Waals surface area contributed by atoms with Gasteiger partial charge in [0.2, 0.25) is 5.78 Å². The zero-order valence-electron chi connectivity index (χ0n) is 5.16. The molecule has 1 radical (unpaired) electrons. The molecule has 1 unspecified atom stereocenters. The Kier molecular flexibility index (Phi) is 2.04. The molecule has 4 heteroatoms. The Bertz CT molecular complexity index is 176. The molecule has 0 fully saturated rings. The SMILES string of the molecule is O=[C]NCC1OC=CC1=O. The number of rotatable bonds is 3. The lowest BCUT2D eigenvalue weighted by Crippen LogP contribution is -2.30. The summed E-state index contributed by atoms with van der Waals surface area (Å²) in [6.07, 6.45) is 3.56. The first-order chi connectivity index (χ1) is 4.84. The first-order valence-electron chi connectivity index (χ1n) is 2.80. The number of hydrogen-bond acceptors (Lipinski definition) is 3. The zero-order valence-corrected chi connectivity index (χ0v) is 5.16. The minimum absolute atomic E-state index is 0.122. The van der Waals surface area contributed by atoms with Gasteiger partial charge in [0.05, 0.1) is 12.8 Å². The highest BCUT2D eigenvalue weighted by Gasteiger charge is 2.20. The van der Waals surface area contributed by atoms with E-state index in [4.69, 9.17) is 4.74 Å². The second-order valence-electron chi connectivity index (χ2n) is 1.81. The van der Waals surface area contributed by atoms with E-state index in [0.717, 1.165) is 0 Å². The van der Waals surface area contributed by atoms with Crippen molar-refractivity contribution in [2.24, 2.45) is 0 Å². The van der Waals surface area contributed by atoms with Crippen LogP contribution in [0.4, 0.5) is 0 Å². The second kappa shape index (κ2) is 3.00. The number of carbonyl (C=O) groups excluding carboxylic acids is 2. The van der Waals surface area contributed by atoms with Crippen molar-refractivity contribution in [1.29, 1.82) is 0 Å². The third-order valence-electron chi connectivity index (χ3n) is 1.15. The first-order valence-corrected chi connectivity index (χ1v) is 2.80. The molecule has 0 aromatic carbocycles. The van der Waals surface area contributed by atoms with E-state index >= 15 is 0 Å². The Morgan fingerprint density at radius 3 is 3.10 bits per heavy atom. The van der Waals surface area contributed by atoms with Crippen LogP contribution in [-0.4, -0.2) is 24.8 Å². The van der Waals surface area contributed by atoms with Gasteiger partial charge in [-0.15, -0.1) is 0 Å². The minimum atomic E-state index is -0.540. The average molecular weight is 140 g/mol. The predicted octanol–water partition coefficient (Wildman–Crippen LogP) is -0.875. The molecule has 0 aromatic rings. The van der Waals surface area contributed by atoms with E-state index in [0.29, 0.717) is 0 Å². The molecule has 1 atom stereocenters. The fourth-order valence-electron chi connectivity index (χ4n) is 0.659. The van der Waals surface area contributed by atoms with E-state index in [1.165, 1.54) is 18.7 Å². The Morgan fingerprint density at radius 2 is 2.60 bits per heavy atom. The molecule has 1 N–H and O–H groups in total. The minimum Gasteiger partial charge on any atom is -0.488 e. The molecule has 1 rings (SSSR count). The van der Waals surface area contributed by atoms with Gasteiger partial charge in [0, 0.05) is 6.08 Å². The van der Waals surface area contributed by atoms with Crippen LogP contribution in [0.15, 0.2) is 12.3 Å². The number of carbonyl (C=O) groups is 1. The van der Waals surface area contributed by atoms with Gasteiger partial charge in [-0.25, -0.2) is 0 Å². The Hall–Kier alpha value is -1.32. The number of ketones is 1. The van der Waals surface area contributed by atoms with Crippen LogP contribution in [0, 0.1) is 0 Å². The van der Waals surface area contributed by atoms with E-state index in [1.54, 1.807) is 0 Å². The smallest absolute Gasteiger partial charge is 0.309 e. The fourth-order valence-corrected chi connectivity index (χ4v) is 0.659. The Labute approximate surface area is 57.9 Å². The van der Waals surface area contributed by atoms with Crippen molar-refractivity contribution in [3.8, 4) is 0 Å². The van der Waals surface area contributed by atoms with Gasteiger partial charge in [-0.1, -0.05) is 0 Å². The molecule has 4 nitrogen and oxygen atoms in total. The van der Waals surface area contributed by atoms with Gasteiger partial charge in [-0.05, 0) is 0 Å². The van der Waals surface area contributed by atoms with Gasteiger partial charge in [0.15, 0.2) is 6.10 Å². The Morgan fingerprint density at radius 1 is 1.80 bits per heavy atom. The topological polar surface area (TPSA) is 55.4 Å². The molecule has 1 aliphatic heterocycles. The molecular formula is C6H6NO3. The van der Waals surface area contributed by atoms with Gasteiger partial charge in [0.1, 0.15) is 0 Å². The molecule has 0 aromatic heterocycles. The maximum absolute atomic E-state index is 10.7. The van der Waals surface area contributed by atoms with Gasteiger partial charge < -0.3 is 10.1 Å². The van der Waals surface area contributed by atoms with Gasteiger partial charge in [0.25, 0.3) is 0 Å². The second-order valence-corrected chi connectivity index (χ2v) is 1.81. The summed E-state index contributed by atoms with van der Waals surface area (Å²) >= 11 is 0. The van der Waals surface area contributed by atoms with Crippen molar-refractivity contribution < 1.29 is 14.3 Å². The highest BCUT2D eigenvalue weighted by Crippen LogP contribution is 2.02. The van der Waals surface area contributed by atoms with Crippen molar-refractivity contribution in [3.63, 3.8) is 0 Å². The number of ether oxygens (including phenoxy) is 1. The molecular weight excluding hydrogens is 134 g/mol. The van der Waals surface area contributed by atoms with Crippen molar-refractivity contribution in [2.75, 3.05) is 6.54 Å². The molecule has 0 saturated carbocycles. The van der Waals surface area contributed by atoms with Crippen molar-refractivity contribution >= 4 is 12.2 Å². The average Bonchev–Trinajstić information content (AvgIpc) is 2.31. The van der Waals surface area contributed by atoms with Crippen LogP contribution in [0.2, 0.25) is 0 Å². The van der Waals surface area contributed by atoms with E-state index in [1.807, 2.05) is 0 Å². The lowest BCUT2D eigenvalue weighted by Gasteiger charge is -2.05. The Balaban J connectivity index is 2.30. The highest BCUT2D eigenvalue weighted by molar-refractivity contribution is 5.95. The summed E-state index contributed by atoms with van der Waals surface area (Å²) in [5.74, 6) is -0.122. The molecule has 10 heavy (non-hydrogen) atoms. The summed E-state index contributed by atoms with van der Waals surface area (Å²) < 4.78 is 4.80. The van der Waals surface area contributed by atoms with Gasteiger partial charge >= 0.3 is 6.41 Å². The van der Waals surface area contributed by atoms with Crippen LogP contribution in [-0.2, 0) is 14.3 Å². The van der Waals surface area contributed by atoms with E-state index < -0.39 is 6.10 Å². The molecule has 1 amide bonds.